The van der Waals surface area contributed by atoms with Gasteiger partial charge in [0.1, 0.15) is 23.1 Å². The maximum atomic E-state index is 12.4. The van der Waals surface area contributed by atoms with Crippen LogP contribution in [-0.2, 0) is 4.79 Å². The van der Waals surface area contributed by atoms with Crippen LogP contribution >= 0.6 is 11.3 Å². The lowest BCUT2D eigenvalue weighted by atomic mass is 10.0. The van der Waals surface area contributed by atoms with Gasteiger partial charge in [-0.25, -0.2) is 4.98 Å². The number of anilines is 1. The van der Waals surface area contributed by atoms with Crippen molar-refractivity contribution in [3.05, 3.63) is 64.2 Å². The molecule has 0 atom stereocenters. The Morgan fingerprint density at radius 1 is 1.26 bits per heavy atom. The lowest BCUT2D eigenvalue weighted by Gasteiger charge is -2.05. The molecule has 0 aliphatic rings. The summed E-state index contributed by atoms with van der Waals surface area (Å²) in [5.41, 5.74) is 3.35. The van der Waals surface area contributed by atoms with E-state index in [1.807, 2.05) is 24.3 Å². The van der Waals surface area contributed by atoms with Crippen molar-refractivity contribution in [2.75, 3.05) is 5.32 Å². The number of pyridine rings is 1. The number of amides is 1. The fourth-order valence-electron chi connectivity index (χ4n) is 2.52. The number of aromatic hydroxyl groups is 1. The Balaban J connectivity index is 1.80. The Kier molecular flexibility index (Phi) is 5.29. The predicted octanol–water partition coefficient (Wildman–Crippen LogP) is 4.07. The first kappa shape index (κ1) is 18.3. The molecule has 2 heterocycles. The summed E-state index contributed by atoms with van der Waals surface area (Å²) in [7, 11) is 0. The van der Waals surface area contributed by atoms with Crippen LogP contribution in [0.3, 0.4) is 0 Å². The number of carbonyl (C=O) groups excluding carboxylic acids is 1. The minimum Gasteiger partial charge on any atom is -0.507 e. The van der Waals surface area contributed by atoms with Crippen LogP contribution in [0, 0.1) is 25.2 Å². The second-order valence-corrected chi connectivity index (χ2v) is 6.74. The van der Waals surface area contributed by atoms with Crippen molar-refractivity contribution in [2.24, 2.45) is 0 Å². The number of hydrogen-bond acceptors (Lipinski definition) is 6. The Labute approximate surface area is 160 Å². The number of aryl methyl sites for hydroxylation is 2. The Hall–Kier alpha value is -3.50. The highest BCUT2D eigenvalue weighted by Gasteiger charge is 2.13. The van der Waals surface area contributed by atoms with E-state index in [1.54, 1.807) is 37.6 Å². The molecule has 0 saturated carbocycles. The fourth-order valence-corrected chi connectivity index (χ4v) is 3.21. The zero-order valence-corrected chi connectivity index (χ0v) is 15.5. The molecule has 3 aromatic rings. The molecule has 134 valence electrons. The maximum absolute atomic E-state index is 12.4. The van der Waals surface area contributed by atoms with Crippen molar-refractivity contribution in [3.8, 4) is 23.2 Å². The molecule has 0 radical (unpaired) electrons. The minimum atomic E-state index is -0.539. The second kappa shape index (κ2) is 7.81. The number of nitrogens with zero attached hydrogens (tertiary/aromatic N) is 3. The lowest BCUT2D eigenvalue weighted by molar-refractivity contribution is -0.112. The summed E-state index contributed by atoms with van der Waals surface area (Å²) in [6.07, 6.45) is 3.16. The summed E-state index contributed by atoms with van der Waals surface area (Å²) >= 11 is 1.26. The third-order valence-electron chi connectivity index (χ3n) is 3.84. The molecular formula is C20H16N4O2S. The van der Waals surface area contributed by atoms with Crippen LogP contribution in [0.4, 0.5) is 5.13 Å². The number of carbonyl (C=O) groups is 1. The highest BCUT2D eigenvalue weighted by atomic mass is 32.1. The van der Waals surface area contributed by atoms with Gasteiger partial charge in [-0.05, 0) is 60.9 Å². The van der Waals surface area contributed by atoms with Crippen LogP contribution < -0.4 is 5.32 Å². The number of nitriles is 1. The van der Waals surface area contributed by atoms with Crippen LogP contribution in [0.15, 0.2) is 47.5 Å². The van der Waals surface area contributed by atoms with Gasteiger partial charge in [-0.1, -0.05) is 6.07 Å². The first-order valence-electron chi connectivity index (χ1n) is 8.08. The zero-order valence-electron chi connectivity index (χ0n) is 14.7. The fraction of sp³-hybridized carbons (Fsp3) is 0.100. The average molecular weight is 376 g/mol. The zero-order chi connectivity index (χ0) is 19.4. The van der Waals surface area contributed by atoms with Gasteiger partial charge in [0.15, 0.2) is 5.13 Å². The summed E-state index contributed by atoms with van der Waals surface area (Å²) in [6, 6.07) is 10.9. The van der Waals surface area contributed by atoms with Gasteiger partial charge in [0.25, 0.3) is 5.91 Å². The SMILES string of the molecule is Cc1cc(/C=C(\C#N)C(=O)Nc2nc(-c3ccccn3)cs2)cc(C)c1O. The van der Waals surface area contributed by atoms with Gasteiger partial charge in [-0.3, -0.25) is 15.1 Å². The van der Waals surface area contributed by atoms with Gasteiger partial charge in [0.05, 0.1) is 5.69 Å². The molecule has 0 fully saturated rings. The van der Waals surface area contributed by atoms with Gasteiger partial charge < -0.3 is 5.11 Å². The second-order valence-electron chi connectivity index (χ2n) is 5.88. The van der Waals surface area contributed by atoms with E-state index in [1.165, 1.54) is 17.4 Å². The van der Waals surface area contributed by atoms with Crippen LogP contribution in [0.1, 0.15) is 16.7 Å². The molecule has 2 N–H and O–H groups in total. The summed E-state index contributed by atoms with van der Waals surface area (Å²) in [4.78, 5) is 21.0. The summed E-state index contributed by atoms with van der Waals surface area (Å²) < 4.78 is 0. The average Bonchev–Trinajstić information content (AvgIpc) is 3.13. The topological polar surface area (TPSA) is 98.9 Å². The van der Waals surface area contributed by atoms with Crippen LogP contribution in [0.5, 0.6) is 5.75 Å². The summed E-state index contributed by atoms with van der Waals surface area (Å²) in [5, 5.41) is 24.0. The standard InChI is InChI=1S/C20H16N4O2S/c1-12-7-14(8-13(2)18(12)25)9-15(10-21)19(26)24-20-23-17(11-27-20)16-5-3-4-6-22-16/h3-9,11,25H,1-2H3,(H,23,24,26)/b15-9+. The number of phenols is 1. The number of rotatable bonds is 4. The molecule has 0 unspecified atom stereocenters. The number of aromatic nitrogens is 2. The lowest BCUT2D eigenvalue weighted by Crippen LogP contribution is -2.13. The number of benzene rings is 1. The van der Waals surface area contributed by atoms with Gasteiger partial charge in [0.2, 0.25) is 0 Å². The molecule has 0 aliphatic carbocycles. The Morgan fingerprint density at radius 3 is 2.63 bits per heavy atom. The van der Waals surface area contributed by atoms with Crippen molar-refractivity contribution in [1.29, 1.82) is 5.26 Å². The van der Waals surface area contributed by atoms with Crippen LogP contribution in [-0.4, -0.2) is 21.0 Å². The van der Waals surface area contributed by atoms with E-state index in [-0.39, 0.29) is 11.3 Å². The third kappa shape index (κ3) is 4.19. The van der Waals surface area contributed by atoms with Gasteiger partial charge in [0, 0.05) is 11.6 Å². The molecule has 6 nitrogen and oxygen atoms in total. The number of nitrogens with one attached hydrogen (secondary N) is 1. The maximum Gasteiger partial charge on any atom is 0.268 e. The van der Waals surface area contributed by atoms with E-state index in [2.05, 4.69) is 15.3 Å². The number of phenolic OH excluding ortho intramolecular Hbond substituents is 1. The third-order valence-corrected chi connectivity index (χ3v) is 4.60. The van der Waals surface area contributed by atoms with Crippen molar-refractivity contribution < 1.29 is 9.90 Å². The quantitative estimate of drug-likeness (QED) is 0.528. The minimum absolute atomic E-state index is 0.0472. The number of thiazole rings is 1. The molecule has 27 heavy (non-hydrogen) atoms. The van der Waals surface area contributed by atoms with Crippen LogP contribution in [0.25, 0.3) is 17.5 Å². The van der Waals surface area contributed by atoms with Gasteiger partial charge in [-0.15, -0.1) is 11.3 Å². The molecule has 0 bridgehead atoms. The molecule has 0 aliphatic heterocycles. The molecule has 1 amide bonds. The van der Waals surface area contributed by atoms with E-state index in [0.29, 0.717) is 33.2 Å². The first-order chi connectivity index (χ1) is 13.0. The molecule has 1 aromatic carbocycles. The molecule has 0 spiro atoms. The Bertz CT molecular complexity index is 1040. The van der Waals surface area contributed by atoms with Gasteiger partial charge in [-0.2, -0.15) is 5.26 Å². The predicted molar refractivity (Wildman–Crippen MR) is 105 cm³/mol. The summed E-state index contributed by atoms with van der Waals surface area (Å²) in [5.74, 6) is -0.331. The van der Waals surface area contributed by atoms with Gasteiger partial charge >= 0.3 is 0 Å². The van der Waals surface area contributed by atoms with Crippen molar-refractivity contribution in [1.82, 2.24) is 9.97 Å². The van der Waals surface area contributed by atoms with E-state index in [4.69, 9.17) is 0 Å². The van der Waals surface area contributed by atoms with E-state index in [0.717, 1.165) is 0 Å². The van der Waals surface area contributed by atoms with E-state index in [9.17, 15) is 15.2 Å². The normalized spacial score (nSPS) is 11.1. The van der Waals surface area contributed by atoms with E-state index >= 15 is 0 Å². The molecule has 3 rings (SSSR count). The van der Waals surface area contributed by atoms with Crippen molar-refractivity contribution >= 4 is 28.5 Å². The van der Waals surface area contributed by atoms with Crippen LogP contribution in [0.2, 0.25) is 0 Å². The number of hydrogen-bond donors (Lipinski definition) is 2. The van der Waals surface area contributed by atoms with E-state index < -0.39 is 5.91 Å². The molecule has 0 saturated heterocycles. The molecular weight excluding hydrogens is 360 g/mol. The smallest absolute Gasteiger partial charge is 0.268 e. The summed E-state index contributed by atoms with van der Waals surface area (Å²) in [6.45, 7) is 3.53. The largest absolute Gasteiger partial charge is 0.507 e. The van der Waals surface area contributed by atoms with Crippen molar-refractivity contribution in [2.45, 2.75) is 13.8 Å². The highest BCUT2D eigenvalue weighted by Crippen LogP contribution is 2.25. The molecule has 2 aromatic heterocycles. The highest BCUT2D eigenvalue weighted by molar-refractivity contribution is 7.14. The first-order valence-corrected chi connectivity index (χ1v) is 8.96. The Morgan fingerprint density at radius 2 is 2.00 bits per heavy atom. The molecule has 7 heteroatoms. The monoisotopic (exact) mass is 376 g/mol. The van der Waals surface area contributed by atoms with Crippen molar-refractivity contribution in [3.63, 3.8) is 0 Å².